The summed E-state index contributed by atoms with van der Waals surface area (Å²) in [5, 5.41) is 3.61. The van der Waals surface area contributed by atoms with Gasteiger partial charge in [-0.15, -0.1) is 0 Å². The highest BCUT2D eigenvalue weighted by molar-refractivity contribution is 5.86. The van der Waals surface area contributed by atoms with Crippen molar-refractivity contribution in [3.63, 3.8) is 0 Å². The van der Waals surface area contributed by atoms with Gasteiger partial charge in [-0.3, -0.25) is 0 Å². The maximum atomic E-state index is 5.37. The third-order valence-corrected chi connectivity index (χ3v) is 4.74. The van der Waals surface area contributed by atoms with E-state index in [0.29, 0.717) is 0 Å². The first-order valence-corrected chi connectivity index (χ1v) is 9.21. The van der Waals surface area contributed by atoms with Crippen molar-refractivity contribution in [3.05, 3.63) is 47.2 Å². The molecular weight excluding hydrogens is 312 g/mol. The first kappa shape index (κ1) is 17.5. The van der Waals surface area contributed by atoms with E-state index < -0.39 is 0 Å². The van der Waals surface area contributed by atoms with Crippen molar-refractivity contribution >= 4 is 10.9 Å². The number of nitrogens with two attached hydrogens (primary N) is 1. The summed E-state index contributed by atoms with van der Waals surface area (Å²) in [4.78, 5) is 11.4. The van der Waals surface area contributed by atoms with Crippen LogP contribution in [0.1, 0.15) is 42.5 Å². The molecule has 0 fully saturated rings. The van der Waals surface area contributed by atoms with Crippen LogP contribution in [0, 0.1) is 6.92 Å². The van der Waals surface area contributed by atoms with E-state index in [1.165, 1.54) is 40.7 Å². The van der Waals surface area contributed by atoms with Crippen molar-refractivity contribution in [3.8, 4) is 5.75 Å². The van der Waals surface area contributed by atoms with Gasteiger partial charge in [-0.25, -0.2) is 4.98 Å². The second kappa shape index (κ2) is 8.21. The van der Waals surface area contributed by atoms with Crippen molar-refractivity contribution in [1.82, 2.24) is 15.0 Å². The van der Waals surface area contributed by atoms with Crippen LogP contribution in [0.4, 0.5) is 0 Å². The number of benzene rings is 1. The van der Waals surface area contributed by atoms with E-state index in [-0.39, 0.29) is 0 Å². The molecule has 0 aliphatic carbocycles. The number of aromatic nitrogens is 3. The summed E-state index contributed by atoms with van der Waals surface area (Å²) in [5.41, 5.74) is 5.03. The number of imidazole rings is 1. The van der Waals surface area contributed by atoms with E-state index in [2.05, 4.69) is 46.2 Å². The van der Waals surface area contributed by atoms with Crippen LogP contribution in [0.2, 0.25) is 0 Å². The van der Waals surface area contributed by atoms with Gasteiger partial charge in [0.15, 0.2) is 0 Å². The Kier molecular flexibility index (Phi) is 5.76. The average molecular weight is 341 g/mol. The number of rotatable bonds is 9. The molecular formula is C20H29N4O+. The lowest BCUT2D eigenvalue weighted by Gasteiger charge is -2.03. The molecule has 5 nitrogen and oxygen atoms in total. The summed E-state index contributed by atoms with van der Waals surface area (Å²) < 4.78 is 5.37. The lowest BCUT2D eigenvalue weighted by atomic mass is 10.1. The summed E-state index contributed by atoms with van der Waals surface area (Å²) in [6.07, 6.45) is 6.46. The second-order valence-electron chi connectivity index (χ2n) is 6.63. The topological polar surface area (TPSA) is 70.3 Å². The number of quaternary nitrogens is 1. The predicted octanol–water partition coefficient (Wildman–Crippen LogP) is 2.86. The number of ether oxygens (including phenoxy) is 1. The highest BCUT2D eigenvalue weighted by Crippen LogP contribution is 2.26. The fourth-order valence-electron chi connectivity index (χ4n) is 3.30. The summed E-state index contributed by atoms with van der Waals surface area (Å²) in [7, 11) is 1.72. The zero-order chi connectivity index (χ0) is 17.6. The van der Waals surface area contributed by atoms with Crippen LogP contribution in [0.15, 0.2) is 24.4 Å². The minimum absolute atomic E-state index is 0.911. The van der Waals surface area contributed by atoms with Gasteiger partial charge in [-0.2, -0.15) is 0 Å². The largest absolute Gasteiger partial charge is 0.497 e. The SMILES string of the molecule is CCCCc1ncc(C[NH2+]CCc2c(C)[nH]c3ccc(OC)cc23)[nH]1. The van der Waals surface area contributed by atoms with Gasteiger partial charge >= 0.3 is 0 Å². The molecule has 1 aromatic carbocycles. The van der Waals surface area contributed by atoms with Crippen LogP contribution in [0.25, 0.3) is 10.9 Å². The molecule has 0 spiro atoms. The van der Waals surface area contributed by atoms with Crippen molar-refractivity contribution in [2.24, 2.45) is 0 Å². The smallest absolute Gasteiger partial charge is 0.119 e. The normalized spacial score (nSPS) is 11.3. The molecule has 0 bridgehead atoms. The number of unbranched alkanes of at least 4 members (excludes halogenated alkanes) is 1. The van der Waals surface area contributed by atoms with Crippen LogP contribution in [-0.2, 0) is 19.4 Å². The minimum atomic E-state index is 0.911. The highest BCUT2D eigenvalue weighted by atomic mass is 16.5. The maximum Gasteiger partial charge on any atom is 0.119 e. The maximum absolute atomic E-state index is 5.37. The molecule has 0 saturated heterocycles. The summed E-state index contributed by atoms with van der Waals surface area (Å²) in [5.74, 6) is 2.03. The van der Waals surface area contributed by atoms with Gasteiger partial charge in [0.2, 0.25) is 0 Å². The Labute approximate surface area is 149 Å². The van der Waals surface area contributed by atoms with Gasteiger partial charge in [0.1, 0.15) is 18.1 Å². The third-order valence-electron chi connectivity index (χ3n) is 4.74. The van der Waals surface area contributed by atoms with Crippen LogP contribution in [0.5, 0.6) is 5.75 Å². The lowest BCUT2D eigenvalue weighted by Crippen LogP contribution is -2.83. The number of nitrogens with zero attached hydrogens (tertiary/aromatic N) is 1. The number of hydrogen-bond acceptors (Lipinski definition) is 2. The molecule has 4 N–H and O–H groups in total. The van der Waals surface area contributed by atoms with Gasteiger partial charge in [-0.05, 0) is 37.1 Å². The third kappa shape index (κ3) is 4.23. The van der Waals surface area contributed by atoms with E-state index in [1.54, 1.807) is 7.11 Å². The van der Waals surface area contributed by atoms with E-state index in [4.69, 9.17) is 4.74 Å². The Bertz CT molecular complexity index is 818. The van der Waals surface area contributed by atoms with Gasteiger partial charge in [0.25, 0.3) is 0 Å². The first-order chi connectivity index (χ1) is 12.2. The standard InChI is InChI=1S/C20H28N4O/c1-4-5-6-20-22-13-15(24-20)12-21-10-9-17-14(2)23-19-8-7-16(25-3)11-18(17)19/h7-8,11,13,21,23H,4-6,9-10,12H2,1-3H3,(H,22,24)/p+1. The lowest BCUT2D eigenvalue weighted by molar-refractivity contribution is -0.670. The Morgan fingerprint density at radius 1 is 1.20 bits per heavy atom. The molecule has 0 radical (unpaired) electrons. The molecule has 5 heteroatoms. The molecule has 0 atom stereocenters. The van der Waals surface area contributed by atoms with Crippen molar-refractivity contribution in [1.29, 1.82) is 0 Å². The van der Waals surface area contributed by atoms with E-state index in [1.807, 2.05) is 12.3 Å². The van der Waals surface area contributed by atoms with E-state index in [0.717, 1.165) is 37.5 Å². The number of hydrogen-bond donors (Lipinski definition) is 3. The monoisotopic (exact) mass is 341 g/mol. The number of fused-ring (bicyclic) bond motifs is 1. The van der Waals surface area contributed by atoms with Gasteiger partial charge in [-0.1, -0.05) is 13.3 Å². The molecule has 0 amide bonds. The number of methoxy groups -OCH3 is 1. The molecule has 3 aromatic rings. The number of H-pyrrole nitrogens is 2. The molecule has 0 unspecified atom stereocenters. The van der Waals surface area contributed by atoms with Crippen molar-refractivity contribution in [2.75, 3.05) is 13.7 Å². The summed E-state index contributed by atoms with van der Waals surface area (Å²) in [6.45, 7) is 6.36. The molecule has 25 heavy (non-hydrogen) atoms. The second-order valence-corrected chi connectivity index (χ2v) is 6.63. The summed E-state index contributed by atoms with van der Waals surface area (Å²) >= 11 is 0. The molecule has 0 aliphatic rings. The molecule has 3 rings (SSSR count). The highest BCUT2D eigenvalue weighted by Gasteiger charge is 2.10. The first-order valence-electron chi connectivity index (χ1n) is 9.21. The van der Waals surface area contributed by atoms with Crippen molar-refractivity contribution in [2.45, 2.75) is 46.1 Å². The number of nitrogens with one attached hydrogen (secondary N) is 2. The van der Waals surface area contributed by atoms with Gasteiger partial charge < -0.3 is 20.0 Å². The Hall–Kier alpha value is -2.27. The molecule has 0 aliphatic heterocycles. The molecule has 2 aromatic heterocycles. The fraction of sp³-hybridized carbons (Fsp3) is 0.450. The van der Waals surface area contributed by atoms with Gasteiger partial charge in [0, 0.05) is 29.4 Å². The quantitative estimate of drug-likeness (QED) is 0.524. The van der Waals surface area contributed by atoms with Crippen LogP contribution in [0.3, 0.4) is 0 Å². The van der Waals surface area contributed by atoms with E-state index in [9.17, 15) is 0 Å². The zero-order valence-corrected chi connectivity index (χ0v) is 15.5. The molecule has 0 saturated carbocycles. The number of aryl methyl sites for hydroxylation is 2. The van der Waals surface area contributed by atoms with Crippen LogP contribution < -0.4 is 10.1 Å². The van der Waals surface area contributed by atoms with Crippen LogP contribution in [-0.4, -0.2) is 28.6 Å². The summed E-state index contributed by atoms with van der Waals surface area (Å²) in [6, 6.07) is 6.22. The Balaban J connectivity index is 1.56. The van der Waals surface area contributed by atoms with E-state index >= 15 is 0 Å². The van der Waals surface area contributed by atoms with Gasteiger partial charge in [0.05, 0.1) is 25.5 Å². The van der Waals surface area contributed by atoms with Crippen LogP contribution >= 0.6 is 0 Å². The minimum Gasteiger partial charge on any atom is -0.497 e. The van der Waals surface area contributed by atoms with Crippen molar-refractivity contribution < 1.29 is 10.1 Å². The molecule has 134 valence electrons. The predicted molar refractivity (Wildman–Crippen MR) is 101 cm³/mol. The molecule has 2 heterocycles. The number of aromatic amines is 2. The Morgan fingerprint density at radius 3 is 2.88 bits per heavy atom. The Morgan fingerprint density at radius 2 is 2.08 bits per heavy atom. The average Bonchev–Trinajstić information content (AvgIpc) is 3.20. The fourth-order valence-corrected chi connectivity index (χ4v) is 3.30. The zero-order valence-electron chi connectivity index (χ0n) is 15.5.